The van der Waals surface area contributed by atoms with Gasteiger partial charge >= 0.3 is 0 Å². The van der Waals surface area contributed by atoms with Gasteiger partial charge in [0.1, 0.15) is 0 Å². The Bertz CT molecular complexity index is 220. The summed E-state index contributed by atoms with van der Waals surface area (Å²) in [6.07, 6.45) is 3.77. The second kappa shape index (κ2) is 6.24. The third-order valence-electron chi connectivity index (χ3n) is 3.23. The van der Waals surface area contributed by atoms with E-state index < -0.39 is 0 Å². The van der Waals surface area contributed by atoms with Crippen molar-refractivity contribution in [2.75, 3.05) is 13.1 Å². The second-order valence-corrected chi connectivity index (χ2v) is 5.39. The third-order valence-corrected chi connectivity index (χ3v) is 3.23. The van der Waals surface area contributed by atoms with Crippen molar-refractivity contribution in [2.45, 2.75) is 59.0 Å². The smallest absolute Gasteiger partial charge is 0.225 e. The number of nitrogens with one attached hydrogen (secondary N) is 1. The van der Waals surface area contributed by atoms with E-state index >= 15 is 0 Å². The first-order valence-corrected chi connectivity index (χ1v) is 6.56. The second-order valence-electron chi connectivity index (χ2n) is 5.39. The molecule has 16 heavy (non-hydrogen) atoms. The summed E-state index contributed by atoms with van der Waals surface area (Å²) in [5.41, 5.74) is 0. The van der Waals surface area contributed by atoms with E-state index in [2.05, 4.69) is 19.2 Å². The van der Waals surface area contributed by atoms with Gasteiger partial charge in [-0.1, -0.05) is 20.3 Å². The summed E-state index contributed by atoms with van der Waals surface area (Å²) in [5.74, 6) is 0.383. The van der Waals surface area contributed by atoms with Gasteiger partial charge in [0.05, 0.1) is 0 Å². The summed E-state index contributed by atoms with van der Waals surface area (Å²) in [7, 11) is 0. The van der Waals surface area contributed by atoms with E-state index in [4.69, 9.17) is 0 Å². The standard InChI is InChI=1S/C13H26N2O/c1-10(2)13(16)15(11(3)4)9-12-7-5-6-8-14-12/h10-12,14H,5-9H2,1-4H3. The molecule has 3 nitrogen and oxygen atoms in total. The van der Waals surface area contributed by atoms with Gasteiger partial charge < -0.3 is 10.2 Å². The summed E-state index contributed by atoms with van der Waals surface area (Å²) >= 11 is 0. The van der Waals surface area contributed by atoms with Gasteiger partial charge in [-0.2, -0.15) is 0 Å². The van der Waals surface area contributed by atoms with Crippen molar-refractivity contribution in [2.24, 2.45) is 5.92 Å². The summed E-state index contributed by atoms with van der Waals surface area (Å²) in [6.45, 7) is 10.1. The SMILES string of the molecule is CC(C)C(=O)N(CC1CCCCN1)C(C)C. The molecular weight excluding hydrogens is 200 g/mol. The Kier molecular flexibility index (Phi) is 5.26. The van der Waals surface area contributed by atoms with Gasteiger partial charge in [-0.25, -0.2) is 0 Å². The highest BCUT2D eigenvalue weighted by Gasteiger charge is 2.24. The lowest BCUT2D eigenvalue weighted by molar-refractivity contribution is -0.136. The van der Waals surface area contributed by atoms with Crippen molar-refractivity contribution in [1.82, 2.24) is 10.2 Å². The number of hydrogen-bond acceptors (Lipinski definition) is 2. The minimum Gasteiger partial charge on any atom is -0.338 e. The Hall–Kier alpha value is -0.570. The number of piperidine rings is 1. The largest absolute Gasteiger partial charge is 0.338 e. The normalized spacial score (nSPS) is 21.5. The molecule has 1 atom stereocenters. The molecule has 0 bridgehead atoms. The van der Waals surface area contributed by atoms with Gasteiger partial charge in [0.2, 0.25) is 5.91 Å². The summed E-state index contributed by atoms with van der Waals surface area (Å²) in [5, 5.41) is 3.50. The maximum absolute atomic E-state index is 12.1. The van der Waals surface area contributed by atoms with E-state index in [9.17, 15) is 4.79 Å². The first-order chi connectivity index (χ1) is 7.52. The van der Waals surface area contributed by atoms with Crippen LogP contribution in [-0.2, 0) is 4.79 Å². The average Bonchev–Trinajstić information content (AvgIpc) is 2.26. The van der Waals surface area contributed by atoms with Crippen LogP contribution in [0, 0.1) is 5.92 Å². The van der Waals surface area contributed by atoms with Crippen LogP contribution in [0.25, 0.3) is 0 Å². The van der Waals surface area contributed by atoms with E-state index in [-0.39, 0.29) is 11.8 Å². The number of carbonyl (C=O) groups is 1. The molecule has 1 amide bonds. The fourth-order valence-corrected chi connectivity index (χ4v) is 2.20. The van der Waals surface area contributed by atoms with E-state index in [1.807, 2.05) is 18.7 Å². The maximum atomic E-state index is 12.1. The van der Waals surface area contributed by atoms with Crippen molar-refractivity contribution in [3.05, 3.63) is 0 Å². The van der Waals surface area contributed by atoms with Crippen molar-refractivity contribution < 1.29 is 4.79 Å². The van der Waals surface area contributed by atoms with Crippen LogP contribution in [-0.4, -0.2) is 36.0 Å². The molecule has 1 unspecified atom stereocenters. The molecule has 0 aliphatic carbocycles. The monoisotopic (exact) mass is 226 g/mol. The topological polar surface area (TPSA) is 32.3 Å². The van der Waals surface area contributed by atoms with Gasteiger partial charge in [-0.3, -0.25) is 4.79 Å². The molecule has 0 radical (unpaired) electrons. The van der Waals surface area contributed by atoms with Crippen LogP contribution < -0.4 is 5.32 Å². The van der Waals surface area contributed by atoms with Crippen molar-refractivity contribution >= 4 is 5.91 Å². The van der Waals surface area contributed by atoms with Crippen LogP contribution in [0.4, 0.5) is 0 Å². The molecule has 1 rings (SSSR count). The van der Waals surface area contributed by atoms with E-state index in [0.717, 1.165) is 13.1 Å². The van der Waals surface area contributed by atoms with Crippen molar-refractivity contribution in [3.8, 4) is 0 Å². The lowest BCUT2D eigenvalue weighted by Gasteiger charge is -2.34. The van der Waals surface area contributed by atoms with E-state index in [1.165, 1.54) is 19.3 Å². The molecule has 0 saturated carbocycles. The van der Waals surface area contributed by atoms with Gasteiger partial charge in [0.15, 0.2) is 0 Å². The van der Waals surface area contributed by atoms with Crippen molar-refractivity contribution in [1.29, 1.82) is 0 Å². The predicted octanol–water partition coefficient (Wildman–Crippen LogP) is 2.02. The van der Waals surface area contributed by atoms with Crippen LogP contribution in [0.15, 0.2) is 0 Å². The molecule has 0 spiro atoms. The molecule has 0 aromatic rings. The van der Waals surface area contributed by atoms with Crippen LogP contribution >= 0.6 is 0 Å². The third kappa shape index (κ3) is 3.78. The highest BCUT2D eigenvalue weighted by atomic mass is 16.2. The molecule has 1 aliphatic rings. The average molecular weight is 226 g/mol. The Labute approximate surface area is 99.6 Å². The Morgan fingerprint density at radius 2 is 2.00 bits per heavy atom. The fraction of sp³-hybridized carbons (Fsp3) is 0.923. The van der Waals surface area contributed by atoms with Gasteiger partial charge in [-0.15, -0.1) is 0 Å². The quantitative estimate of drug-likeness (QED) is 0.795. The summed E-state index contributed by atoms with van der Waals surface area (Å²) in [4.78, 5) is 14.1. The molecule has 94 valence electrons. The highest BCUT2D eigenvalue weighted by Crippen LogP contribution is 2.12. The number of rotatable bonds is 4. The Morgan fingerprint density at radius 1 is 1.31 bits per heavy atom. The number of amides is 1. The van der Waals surface area contributed by atoms with Crippen molar-refractivity contribution in [3.63, 3.8) is 0 Å². The zero-order valence-electron chi connectivity index (χ0n) is 11.1. The Morgan fingerprint density at radius 3 is 2.44 bits per heavy atom. The zero-order valence-corrected chi connectivity index (χ0v) is 11.1. The van der Waals surface area contributed by atoms with Crippen LogP contribution in [0.3, 0.4) is 0 Å². The van der Waals surface area contributed by atoms with Gasteiger partial charge in [0, 0.05) is 24.5 Å². The summed E-state index contributed by atoms with van der Waals surface area (Å²) < 4.78 is 0. The van der Waals surface area contributed by atoms with E-state index in [1.54, 1.807) is 0 Å². The van der Waals surface area contributed by atoms with Crippen LogP contribution in [0.2, 0.25) is 0 Å². The molecular formula is C13H26N2O. The van der Waals surface area contributed by atoms with Gasteiger partial charge in [0.25, 0.3) is 0 Å². The molecule has 1 aliphatic heterocycles. The molecule has 1 N–H and O–H groups in total. The van der Waals surface area contributed by atoms with Crippen LogP contribution in [0.1, 0.15) is 47.0 Å². The minimum atomic E-state index is 0.103. The lowest BCUT2D eigenvalue weighted by Crippen LogP contribution is -2.49. The molecule has 1 fully saturated rings. The number of hydrogen-bond donors (Lipinski definition) is 1. The molecule has 3 heteroatoms. The van der Waals surface area contributed by atoms with Crippen LogP contribution in [0.5, 0.6) is 0 Å². The predicted molar refractivity (Wildman–Crippen MR) is 67.3 cm³/mol. The first kappa shape index (κ1) is 13.5. The maximum Gasteiger partial charge on any atom is 0.225 e. The molecule has 1 heterocycles. The van der Waals surface area contributed by atoms with E-state index in [0.29, 0.717) is 12.1 Å². The Balaban J connectivity index is 2.53. The minimum absolute atomic E-state index is 0.103. The molecule has 0 aromatic heterocycles. The lowest BCUT2D eigenvalue weighted by atomic mass is 10.0. The highest BCUT2D eigenvalue weighted by molar-refractivity contribution is 5.78. The number of carbonyl (C=O) groups excluding carboxylic acids is 1. The fourth-order valence-electron chi connectivity index (χ4n) is 2.20. The summed E-state index contributed by atoms with van der Waals surface area (Å²) in [6, 6.07) is 0.803. The van der Waals surface area contributed by atoms with Gasteiger partial charge in [-0.05, 0) is 33.2 Å². The molecule has 1 saturated heterocycles. The first-order valence-electron chi connectivity index (χ1n) is 6.56. The zero-order chi connectivity index (χ0) is 12.1. The number of nitrogens with zero attached hydrogens (tertiary/aromatic N) is 1. The molecule has 0 aromatic carbocycles.